The third-order valence-electron chi connectivity index (χ3n) is 12.8. The number of rotatable bonds is 50. The summed E-state index contributed by atoms with van der Waals surface area (Å²) in [6.45, 7) is 6.48. The number of allylic oxidation sites excluding steroid dienone is 4. The second kappa shape index (κ2) is 50.3. The van der Waals surface area contributed by atoms with Gasteiger partial charge in [0.1, 0.15) is 6.10 Å². The fraction of sp³-hybridized carbons (Fsp3) is 0.893. The smallest absolute Gasteiger partial charge is 0.306 e. The zero-order valence-electron chi connectivity index (χ0n) is 41.8. The fourth-order valence-electron chi connectivity index (χ4n) is 8.54. The summed E-state index contributed by atoms with van der Waals surface area (Å²) in [5, 5.41) is 23.7. The van der Waals surface area contributed by atoms with E-state index in [9.17, 15) is 19.8 Å². The minimum atomic E-state index is -0.788. The fourth-order valence-corrected chi connectivity index (χ4v) is 8.54. The summed E-state index contributed by atoms with van der Waals surface area (Å²) in [7, 11) is 0. The highest BCUT2D eigenvalue weighted by Gasteiger charge is 2.24. The maximum absolute atomic E-state index is 13.2. The van der Waals surface area contributed by atoms with E-state index >= 15 is 0 Å². The van der Waals surface area contributed by atoms with Crippen LogP contribution in [0.15, 0.2) is 24.3 Å². The number of amides is 1. The van der Waals surface area contributed by atoms with Crippen molar-refractivity contribution in [2.45, 2.75) is 315 Å². The molecule has 0 rings (SSSR count). The Morgan fingerprint density at radius 1 is 0.452 bits per heavy atom. The Kier molecular flexibility index (Phi) is 49.0. The van der Waals surface area contributed by atoms with E-state index in [1.54, 1.807) is 0 Å². The van der Waals surface area contributed by atoms with E-state index in [0.717, 1.165) is 70.6 Å². The first kappa shape index (κ1) is 60.3. The van der Waals surface area contributed by atoms with Crippen LogP contribution in [0.1, 0.15) is 297 Å². The van der Waals surface area contributed by atoms with Gasteiger partial charge in [-0.1, -0.05) is 231 Å². The first-order valence-corrected chi connectivity index (χ1v) is 27.6. The van der Waals surface area contributed by atoms with Crippen LogP contribution < -0.4 is 5.32 Å². The molecule has 0 aromatic carbocycles. The minimum absolute atomic E-state index is 0.0677. The lowest BCUT2D eigenvalue weighted by molar-refractivity contribution is -0.151. The molecule has 3 N–H and O–H groups in total. The van der Waals surface area contributed by atoms with Gasteiger partial charge in [0.25, 0.3) is 0 Å². The molecule has 1 amide bonds. The number of carbonyl (C=O) groups is 2. The number of ether oxygens (including phenoxy) is 1. The lowest BCUT2D eigenvalue weighted by atomic mass is 10.0. The summed E-state index contributed by atoms with van der Waals surface area (Å²) >= 11 is 0. The molecule has 0 spiro atoms. The molecule has 0 aliphatic carbocycles. The molecule has 3 unspecified atom stereocenters. The van der Waals surface area contributed by atoms with Crippen molar-refractivity contribution in [2.75, 3.05) is 6.61 Å². The maximum atomic E-state index is 13.2. The molecular weight excluding hydrogens is 767 g/mol. The first-order valence-electron chi connectivity index (χ1n) is 27.6. The summed E-state index contributed by atoms with van der Waals surface area (Å²) in [5.41, 5.74) is 0. The normalized spacial score (nSPS) is 13.3. The molecule has 0 heterocycles. The SMILES string of the molecule is CCCCCCCCCCC/C=C/CCCCCCCC(=O)OC(CCCCC/C=C/CCCCCCCCCCC)CC(=O)NC(CO)C(O)CCCCCCCCCCC. The van der Waals surface area contributed by atoms with Crippen molar-refractivity contribution < 1.29 is 24.5 Å². The van der Waals surface area contributed by atoms with Gasteiger partial charge in [0.05, 0.1) is 25.2 Å². The highest BCUT2D eigenvalue weighted by Crippen LogP contribution is 2.18. The lowest BCUT2D eigenvalue weighted by Crippen LogP contribution is -2.46. The van der Waals surface area contributed by atoms with Crippen molar-refractivity contribution in [1.82, 2.24) is 5.32 Å². The van der Waals surface area contributed by atoms with Gasteiger partial charge >= 0.3 is 5.97 Å². The Balaban J connectivity index is 4.54. The van der Waals surface area contributed by atoms with Crippen molar-refractivity contribution in [3.05, 3.63) is 24.3 Å². The van der Waals surface area contributed by atoms with Gasteiger partial charge in [0, 0.05) is 6.42 Å². The number of carbonyl (C=O) groups excluding carboxylic acids is 2. The molecule has 6 heteroatoms. The van der Waals surface area contributed by atoms with E-state index < -0.39 is 18.2 Å². The van der Waals surface area contributed by atoms with Crippen LogP contribution in [0, 0.1) is 0 Å². The van der Waals surface area contributed by atoms with Crippen LogP contribution in [-0.4, -0.2) is 46.9 Å². The molecule has 3 atom stereocenters. The van der Waals surface area contributed by atoms with E-state index in [-0.39, 0.29) is 24.9 Å². The topological polar surface area (TPSA) is 95.9 Å². The zero-order chi connectivity index (χ0) is 45.2. The molecule has 6 nitrogen and oxygen atoms in total. The van der Waals surface area contributed by atoms with Crippen molar-refractivity contribution in [3.8, 4) is 0 Å². The largest absolute Gasteiger partial charge is 0.462 e. The van der Waals surface area contributed by atoms with Crippen LogP contribution in [-0.2, 0) is 14.3 Å². The molecule has 366 valence electrons. The third-order valence-corrected chi connectivity index (χ3v) is 12.8. The molecule has 62 heavy (non-hydrogen) atoms. The standard InChI is InChI=1S/C56H107NO5/c1-4-7-10-13-16-19-21-23-25-27-28-30-32-34-37-40-43-46-49-56(61)62-52(47-44-41-38-36-33-31-29-26-24-22-20-17-14-11-8-5-2)50-55(60)57-53(51-58)54(59)48-45-42-39-35-18-15-12-9-6-3/h28,30-31,33,52-54,58-59H,4-27,29,32,34-51H2,1-3H3,(H,57,60)/b30-28+,33-31+. The molecular formula is C56H107NO5. The summed E-state index contributed by atoms with van der Waals surface area (Å²) in [4.78, 5) is 26.2. The van der Waals surface area contributed by atoms with Gasteiger partial charge in [-0.2, -0.15) is 0 Å². The highest BCUT2D eigenvalue weighted by molar-refractivity contribution is 5.77. The number of esters is 1. The molecule has 0 saturated heterocycles. The van der Waals surface area contributed by atoms with Crippen LogP contribution in [0.3, 0.4) is 0 Å². The summed E-state index contributed by atoms with van der Waals surface area (Å²) in [6.07, 6.45) is 58.2. The second-order valence-corrected chi connectivity index (χ2v) is 19.0. The summed E-state index contributed by atoms with van der Waals surface area (Å²) in [5.74, 6) is -0.486. The summed E-state index contributed by atoms with van der Waals surface area (Å²) in [6, 6.07) is -0.703. The third kappa shape index (κ3) is 44.9. The summed E-state index contributed by atoms with van der Waals surface area (Å²) < 4.78 is 5.94. The Morgan fingerprint density at radius 3 is 1.16 bits per heavy atom. The molecule has 0 radical (unpaired) electrons. The van der Waals surface area contributed by atoms with E-state index in [2.05, 4.69) is 50.4 Å². The van der Waals surface area contributed by atoms with E-state index in [1.807, 2.05) is 0 Å². The average molecular weight is 874 g/mol. The van der Waals surface area contributed by atoms with Crippen LogP contribution in [0.5, 0.6) is 0 Å². The van der Waals surface area contributed by atoms with Gasteiger partial charge in [0.2, 0.25) is 5.91 Å². The van der Waals surface area contributed by atoms with Crippen LogP contribution >= 0.6 is 0 Å². The first-order chi connectivity index (χ1) is 30.5. The molecule has 0 bridgehead atoms. The Hall–Kier alpha value is -1.66. The highest BCUT2D eigenvalue weighted by atomic mass is 16.5. The predicted octanol–water partition coefficient (Wildman–Crippen LogP) is 16.7. The van der Waals surface area contributed by atoms with Crippen LogP contribution in [0.2, 0.25) is 0 Å². The Bertz CT molecular complexity index is 981. The molecule has 0 aromatic rings. The molecule has 0 aliphatic heterocycles. The number of hydrogen-bond donors (Lipinski definition) is 3. The van der Waals surface area contributed by atoms with Gasteiger partial charge in [-0.05, 0) is 77.0 Å². The van der Waals surface area contributed by atoms with Crippen molar-refractivity contribution in [3.63, 3.8) is 0 Å². The molecule has 0 aliphatic rings. The van der Waals surface area contributed by atoms with E-state index in [0.29, 0.717) is 19.3 Å². The number of hydrogen-bond acceptors (Lipinski definition) is 5. The van der Waals surface area contributed by atoms with Gasteiger partial charge in [-0.15, -0.1) is 0 Å². The van der Waals surface area contributed by atoms with Crippen LogP contribution in [0.25, 0.3) is 0 Å². The van der Waals surface area contributed by atoms with Gasteiger partial charge in [-0.25, -0.2) is 0 Å². The minimum Gasteiger partial charge on any atom is -0.462 e. The maximum Gasteiger partial charge on any atom is 0.306 e. The van der Waals surface area contributed by atoms with Crippen molar-refractivity contribution >= 4 is 11.9 Å². The molecule has 0 fully saturated rings. The number of aliphatic hydroxyl groups excluding tert-OH is 2. The van der Waals surface area contributed by atoms with Crippen molar-refractivity contribution in [2.24, 2.45) is 0 Å². The van der Waals surface area contributed by atoms with Gasteiger partial charge < -0.3 is 20.3 Å². The molecule has 0 saturated carbocycles. The zero-order valence-corrected chi connectivity index (χ0v) is 41.8. The van der Waals surface area contributed by atoms with Crippen LogP contribution in [0.4, 0.5) is 0 Å². The second-order valence-electron chi connectivity index (χ2n) is 19.0. The average Bonchev–Trinajstić information content (AvgIpc) is 3.26. The number of unbranched alkanes of at least 4 members (excludes halogenated alkanes) is 34. The quantitative estimate of drug-likeness (QED) is 0.0321. The predicted molar refractivity (Wildman–Crippen MR) is 269 cm³/mol. The monoisotopic (exact) mass is 874 g/mol. The lowest BCUT2D eigenvalue weighted by Gasteiger charge is -2.24. The number of nitrogens with one attached hydrogen (secondary N) is 1. The van der Waals surface area contributed by atoms with Crippen molar-refractivity contribution in [1.29, 1.82) is 0 Å². The Morgan fingerprint density at radius 2 is 0.774 bits per heavy atom. The van der Waals surface area contributed by atoms with E-state index in [4.69, 9.17) is 4.74 Å². The Labute approximate surface area is 386 Å². The molecule has 0 aromatic heterocycles. The van der Waals surface area contributed by atoms with E-state index in [1.165, 1.54) is 180 Å². The number of aliphatic hydroxyl groups is 2. The van der Waals surface area contributed by atoms with Gasteiger partial charge in [-0.3, -0.25) is 9.59 Å². The van der Waals surface area contributed by atoms with Gasteiger partial charge in [0.15, 0.2) is 0 Å².